The molecular weight excluding hydrogens is 774 g/mol. The van der Waals surface area contributed by atoms with Crippen LogP contribution in [0.25, 0.3) is 16.9 Å². The fraction of sp³-hybridized carbons (Fsp3) is 0.381. The first kappa shape index (κ1) is 40.0. The van der Waals surface area contributed by atoms with Crippen LogP contribution in [0, 0.1) is 11.7 Å². The van der Waals surface area contributed by atoms with E-state index in [4.69, 9.17) is 4.98 Å². The number of allylic oxidation sites excluding steroid dienone is 1. The van der Waals surface area contributed by atoms with Gasteiger partial charge in [-0.05, 0) is 87.2 Å². The first-order valence-electron chi connectivity index (χ1n) is 20.0. The van der Waals surface area contributed by atoms with E-state index in [2.05, 4.69) is 58.7 Å². The van der Waals surface area contributed by atoms with Crippen LogP contribution in [-0.4, -0.2) is 97.0 Å². The van der Waals surface area contributed by atoms with Crippen molar-refractivity contribution in [2.75, 3.05) is 71.4 Å². The molecule has 17 heteroatoms. The molecule has 3 fully saturated rings. The summed E-state index contributed by atoms with van der Waals surface area (Å²) in [5, 5.41) is 16.3. The maximum Gasteiger partial charge on any atom is 0.282 e. The van der Waals surface area contributed by atoms with E-state index in [1.807, 2.05) is 18.2 Å². The zero-order valence-electron chi connectivity index (χ0n) is 33.3. The van der Waals surface area contributed by atoms with Crippen LogP contribution in [0.2, 0.25) is 0 Å². The number of pyridine rings is 1. The second kappa shape index (κ2) is 16.8. The quantitative estimate of drug-likeness (QED) is 0.0819. The number of fused-ring (bicyclic) bond motifs is 1. The number of piperidine rings is 1. The third kappa shape index (κ3) is 8.82. The Labute approximate surface area is 344 Å². The second-order valence-electron chi connectivity index (χ2n) is 15.8. The highest BCUT2D eigenvalue weighted by Crippen LogP contribution is 2.34. The number of imide groups is 1. The number of nitrogens with zero attached hydrogens (tertiary/aromatic N) is 8. The summed E-state index contributed by atoms with van der Waals surface area (Å²) < 4.78 is 21.5. The Bertz CT molecular complexity index is 2420. The van der Waals surface area contributed by atoms with Gasteiger partial charge >= 0.3 is 0 Å². The molecule has 0 spiro atoms. The largest absolute Gasteiger partial charge is 0.384 e. The number of aromatic nitrogens is 5. The van der Waals surface area contributed by atoms with Gasteiger partial charge < -0.3 is 24.9 Å². The second-order valence-corrected chi connectivity index (χ2v) is 17.7. The van der Waals surface area contributed by atoms with Gasteiger partial charge in [0.2, 0.25) is 11.9 Å². The van der Waals surface area contributed by atoms with E-state index in [9.17, 15) is 19.5 Å². The summed E-state index contributed by atoms with van der Waals surface area (Å²) >= 11 is -1.26. The molecule has 3 saturated heterocycles. The molecule has 8 rings (SSSR count). The van der Waals surface area contributed by atoms with Gasteiger partial charge in [-0.3, -0.25) is 24.6 Å². The monoisotopic (exact) mass is 823 g/mol. The molecule has 3 aliphatic rings. The highest BCUT2D eigenvalue weighted by Gasteiger charge is 2.27. The van der Waals surface area contributed by atoms with E-state index in [1.165, 1.54) is 16.9 Å². The Hall–Kier alpha value is -5.78. The highest BCUT2D eigenvalue weighted by molar-refractivity contribution is 8.30. The summed E-state index contributed by atoms with van der Waals surface area (Å²) in [5.41, 5.74) is 2.49. The van der Waals surface area contributed by atoms with Crippen molar-refractivity contribution in [3.8, 4) is 5.82 Å². The number of carbonyl (C=O) groups excluding carboxylic acids is 2. The van der Waals surface area contributed by atoms with Gasteiger partial charge in [0.1, 0.15) is 16.8 Å². The number of anilines is 5. The Morgan fingerprint density at radius 2 is 1.71 bits per heavy atom. The van der Waals surface area contributed by atoms with Gasteiger partial charge in [-0.25, -0.2) is 23.7 Å². The van der Waals surface area contributed by atoms with Crippen molar-refractivity contribution in [1.29, 1.82) is 0 Å². The summed E-state index contributed by atoms with van der Waals surface area (Å²) in [6.07, 6.45) is 5.63. The van der Waals surface area contributed by atoms with Crippen LogP contribution in [0.4, 0.5) is 37.9 Å². The minimum atomic E-state index is -1.26. The van der Waals surface area contributed by atoms with Crippen molar-refractivity contribution in [1.82, 2.24) is 34.5 Å². The van der Waals surface area contributed by atoms with E-state index >= 15 is 4.39 Å². The molecule has 2 aromatic carbocycles. The fourth-order valence-electron chi connectivity index (χ4n) is 7.95. The number of benzene rings is 2. The number of hydrogen-bond donors (Lipinski definition) is 5. The van der Waals surface area contributed by atoms with E-state index < -0.39 is 16.7 Å². The lowest BCUT2D eigenvalue weighted by Crippen LogP contribution is -2.49. The number of piperazine rings is 1. The average molecular weight is 824 g/mol. The van der Waals surface area contributed by atoms with Crippen LogP contribution < -0.4 is 30.7 Å². The van der Waals surface area contributed by atoms with Crippen LogP contribution in [-0.2, 0) is 16.9 Å². The molecular formula is C42H50FN11O4S. The van der Waals surface area contributed by atoms with Gasteiger partial charge in [-0.1, -0.05) is 12.1 Å². The maximum atomic E-state index is 15.2. The SMILES string of the molecule is C=CCn1c(=O)c2cnc(Nc3ccc(N4CCC(CN5CCN(c6ccc(N[SH]7CCC(=O)NC7=O)cc6F)CC5)CC4)cc3)nc2n1-c1cccc(C(C)(C)O)n1. The normalized spacial score (nSPS) is 18.9. The molecule has 2 amide bonds. The number of rotatable bonds is 12. The van der Waals surface area contributed by atoms with Gasteiger partial charge in [0.05, 0.1) is 17.9 Å². The van der Waals surface area contributed by atoms with Crippen LogP contribution in [0.3, 0.4) is 0 Å². The number of thiol groups is 1. The molecule has 0 saturated carbocycles. The molecule has 5 aromatic rings. The first-order chi connectivity index (χ1) is 28.4. The van der Waals surface area contributed by atoms with Gasteiger partial charge in [0.25, 0.3) is 10.8 Å². The summed E-state index contributed by atoms with van der Waals surface area (Å²) in [5.74, 6) is 1.24. The van der Waals surface area contributed by atoms with Crippen molar-refractivity contribution >= 4 is 62.0 Å². The van der Waals surface area contributed by atoms with Crippen LogP contribution in [0.5, 0.6) is 0 Å². The lowest BCUT2D eigenvalue weighted by Gasteiger charge is -2.40. The van der Waals surface area contributed by atoms with Crippen molar-refractivity contribution < 1.29 is 19.1 Å². The molecule has 59 heavy (non-hydrogen) atoms. The first-order valence-corrected chi connectivity index (χ1v) is 21.5. The molecule has 1 atom stereocenters. The number of halogens is 1. The van der Waals surface area contributed by atoms with Crippen molar-refractivity contribution in [3.63, 3.8) is 0 Å². The fourth-order valence-corrected chi connectivity index (χ4v) is 9.50. The summed E-state index contributed by atoms with van der Waals surface area (Å²) in [6, 6.07) is 18.5. The molecule has 0 aliphatic carbocycles. The number of aliphatic hydroxyl groups is 1. The minimum Gasteiger partial charge on any atom is -0.384 e. The standard InChI is InChI=1S/C42H50FN11O4S/c1-4-17-53-39(56)32-26-44-40(48-38(32)54(53)36-7-5-6-35(46-36)42(2,3)58)45-29-8-11-31(12-9-29)51-18-14-28(15-19-51)27-50-20-22-52(23-21-50)34-13-10-30(25-33(34)43)49-59-24-16-37(55)47-41(59)57/h4-13,25-26,28,49,58-59H,1,14-24,27H2,2-3H3,(H,44,45,48)(H,47,55,57). The van der Waals surface area contributed by atoms with E-state index in [1.54, 1.807) is 48.9 Å². The molecule has 3 aromatic heterocycles. The number of hydrogen-bond acceptors (Lipinski definition) is 12. The number of amides is 2. The Balaban J connectivity index is 0.838. The third-order valence-electron chi connectivity index (χ3n) is 11.2. The Kier molecular flexibility index (Phi) is 11.4. The van der Waals surface area contributed by atoms with Gasteiger partial charge in [0, 0.05) is 81.2 Å². The van der Waals surface area contributed by atoms with Gasteiger partial charge in [-0.2, -0.15) is 4.98 Å². The number of nitrogens with one attached hydrogen (secondary N) is 3. The molecule has 0 radical (unpaired) electrons. The van der Waals surface area contributed by atoms with Crippen LogP contribution in [0.1, 0.15) is 38.8 Å². The molecule has 6 heterocycles. The Morgan fingerprint density at radius 1 is 0.966 bits per heavy atom. The van der Waals surface area contributed by atoms with Crippen LogP contribution >= 0.6 is 11.1 Å². The lowest BCUT2D eigenvalue weighted by molar-refractivity contribution is -0.119. The van der Waals surface area contributed by atoms with Gasteiger partial charge in [0.15, 0.2) is 11.5 Å². The van der Waals surface area contributed by atoms with Crippen molar-refractivity contribution in [3.05, 3.63) is 101 Å². The molecule has 1 unspecified atom stereocenters. The predicted octanol–water partition coefficient (Wildman–Crippen LogP) is 5.28. The Morgan fingerprint density at radius 3 is 2.41 bits per heavy atom. The average Bonchev–Trinajstić information content (AvgIpc) is 3.49. The van der Waals surface area contributed by atoms with Gasteiger partial charge in [-0.15, -0.1) is 17.7 Å². The summed E-state index contributed by atoms with van der Waals surface area (Å²) in [6.45, 7) is 13.6. The molecule has 4 N–H and O–H groups in total. The zero-order valence-corrected chi connectivity index (χ0v) is 34.2. The number of carbonyl (C=O) groups is 2. The van der Waals surface area contributed by atoms with E-state index in [-0.39, 0.29) is 29.1 Å². The molecule has 0 bridgehead atoms. The minimum absolute atomic E-state index is 0.234. The zero-order chi connectivity index (χ0) is 41.3. The summed E-state index contributed by atoms with van der Waals surface area (Å²) in [4.78, 5) is 57.9. The van der Waals surface area contributed by atoms with E-state index in [0.29, 0.717) is 58.0 Å². The third-order valence-corrected chi connectivity index (χ3v) is 13.0. The highest BCUT2D eigenvalue weighted by atomic mass is 32.2. The van der Waals surface area contributed by atoms with E-state index in [0.717, 1.165) is 70.0 Å². The predicted molar refractivity (Wildman–Crippen MR) is 232 cm³/mol. The van der Waals surface area contributed by atoms with Crippen molar-refractivity contribution in [2.45, 2.75) is 45.3 Å². The summed E-state index contributed by atoms with van der Waals surface area (Å²) in [7, 11) is 0. The topological polar surface area (TPSA) is 166 Å². The van der Waals surface area contributed by atoms with Crippen molar-refractivity contribution in [2.24, 2.45) is 5.92 Å². The molecule has 3 aliphatic heterocycles. The smallest absolute Gasteiger partial charge is 0.282 e. The maximum absolute atomic E-state index is 15.2. The van der Waals surface area contributed by atoms with Crippen LogP contribution in [0.15, 0.2) is 84.3 Å². The molecule has 15 nitrogen and oxygen atoms in total. The lowest BCUT2D eigenvalue weighted by atomic mass is 9.95. The molecule has 310 valence electrons.